The van der Waals surface area contributed by atoms with Crippen molar-refractivity contribution in [3.8, 4) is 0 Å². The van der Waals surface area contributed by atoms with Crippen molar-refractivity contribution in [2.24, 2.45) is 0 Å². The Hall–Kier alpha value is -1.93. The van der Waals surface area contributed by atoms with Crippen molar-refractivity contribution in [3.05, 3.63) is 35.3 Å². The van der Waals surface area contributed by atoms with Gasteiger partial charge in [-0.3, -0.25) is 9.59 Å². The van der Waals surface area contributed by atoms with E-state index in [1.165, 1.54) is 23.1 Å². The van der Waals surface area contributed by atoms with Gasteiger partial charge in [0.2, 0.25) is 5.91 Å². The summed E-state index contributed by atoms with van der Waals surface area (Å²) in [5, 5.41) is 13.2. The van der Waals surface area contributed by atoms with Crippen LogP contribution in [0.2, 0.25) is 0 Å². The molecular formula is C14H16N4O2S2. The third kappa shape index (κ3) is 4.81. The summed E-state index contributed by atoms with van der Waals surface area (Å²) in [4.78, 5) is 24.1. The lowest BCUT2D eigenvalue weighted by Gasteiger charge is -2.12. The average molecular weight is 336 g/mol. The molecule has 116 valence electrons. The molecule has 1 heterocycles. The Balaban J connectivity index is 1.99. The molecule has 2 rings (SSSR count). The Morgan fingerprint density at radius 3 is 2.77 bits per heavy atom. The largest absolute Gasteiger partial charge is 0.350 e. The zero-order chi connectivity index (χ0) is 15.9. The number of carbonyl (C=O) groups is 2. The first-order valence-electron chi connectivity index (χ1n) is 6.65. The number of thioether (sulfide) groups is 1. The van der Waals surface area contributed by atoms with Crippen LogP contribution in [0.3, 0.4) is 0 Å². The minimum atomic E-state index is -0.206. The number of anilines is 1. The molecule has 1 aromatic carbocycles. The summed E-state index contributed by atoms with van der Waals surface area (Å²) < 4.78 is 0.737. The zero-order valence-electron chi connectivity index (χ0n) is 12.2. The number of hydrogen-bond acceptors (Lipinski definition) is 6. The van der Waals surface area contributed by atoms with E-state index < -0.39 is 0 Å². The van der Waals surface area contributed by atoms with Crippen molar-refractivity contribution >= 4 is 40.6 Å². The van der Waals surface area contributed by atoms with E-state index in [1.807, 2.05) is 13.8 Å². The van der Waals surface area contributed by atoms with Gasteiger partial charge in [0, 0.05) is 6.04 Å². The summed E-state index contributed by atoms with van der Waals surface area (Å²) in [6, 6.07) is 6.97. The quantitative estimate of drug-likeness (QED) is 0.792. The van der Waals surface area contributed by atoms with Crippen molar-refractivity contribution < 1.29 is 9.59 Å². The van der Waals surface area contributed by atoms with Crippen LogP contribution in [-0.2, 0) is 4.79 Å². The van der Waals surface area contributed by atoms with E-state index in [9.17, 15) is 9.59 Å². The number of hydrogen-bond donors (Lipinski definition) is 2. The fourth-order valence-electron chi connectivity index (χ4n) is 1.67. The second-order valence-electron chi connectivity index (χ2n) is 4.72. The number of rotatable bonds is 6. The molecule has 2 aromatic rings. The molecule has 0 aliphatic rings. The maximum absolute atomic E-state index is 12.1. The van der Waals surface area contributed by atoms with Crippen LogP contribution < -0.4 is 10.6 Å². The third-order valence-electron chi connectivity index (χ3n) is 2.53. The molecule has 0 saturated carbocycles. The van der Waals surface area contributed by atoms with Gasteiger partial charge in [-0.15, -0.1) is 10.2 Å². The van der Waals surface area contributed by atoms with Crippen LogP contribution in [0, 0.1) is 0 Å². The predicted octanol–water partition coefficient (Wildman–Crippen LogP) is 2.41. The van der Waals surface area contributed by atoms with Crippen molar-refractivity contribution in [3.63, 3.8) is 0 Å². The average Bonchev–Trinajstić information content (AvgIpc) is 2.98. The molecule has 1 aromatic heterocycles. The SMILES string of the molecule is CC(C)NC(=O)c1ccccc1NC(=O)CSc1nncs1. The van der Waals surface area contributed by atoms with E-state index in [-0.39, 0.29) is 23.6 Å². The first-order valence-corrected chi connectivity index (χ1v) is 8.51. The molecule has 2 amide bonds. The van der Waals surface area contributed by atoms with E-state index in [1.54, 1.807) is 29.8 Å². The molecule has 0 bridgehead atoms. The fourth-order valence-corrected chi connectivity index (χ4v) is 2.96. The van der Waals surface area contributed by atoms with E-state index in [0.717, 1.165) is 4.34 Å². The summed E-state index contributed by atoms with van der Waals surface area (Å²) in [5.41, 5.74) is 2.57. The van der Waals surface area contributed by atoms with Crippen LogP contribution >= 0.6 is 23.1 Å². The Bertz CT molecular complexity index is 644. The highest BCUT2D eigenvalue weighted by atomic mass is 32.2. The maximum atomic E-state index is 12.1. The molecule has 0 atom stereocenters. The highest BCUT2D eigenvalue weighted by Gasteiger charge is 2.14. The van der Waals surface area contributed by atoms with E-state index in [4.69, 9.17) is 0 Å². The van der Waals surface area contributed by atoms with Crippen LogP contribution in [0.4, 0.5) is 5.69 Å². The lowest BCUT2D eigenvalue weighted by molar-refractivity contribution is -0.113. The van der Waals surface area contributed by atoms with Gasteiger partial charge in [-0.05, 0) is 26.0 Å². The summed E-state index contributed by atoms with van der Waals surface area (Å²) in [6.45, 7) is 3.77. The van der Waals surface area contributed by atoms with Gasteiger partial charge in [-0.1, -0.05) is 35.2 Å². The number of nitrogens with zero attached hydrogens (tertiary/aromatic N) is 2. The monoisotopic (exact) mass is 336 g/mol. The molecule has 0 fully saturated rings. The molecule has 6 nitrogen and oxygen atoms in total. The highest BCUT2D eigenvalue weighted by Crippen LogP contribution is 2.20. The molecular weight excluding hydrogens is 320 g/mol. The zero-order valence-corrected chi connectivity index (χ0v) is 13.8. The van der Waals surface area contributed by atoms with Crippen molar-refractivity contribution in [1.29, 1.82) is 0 Å². The predicted molar refractivity (Wildman–Crippen MR) is 88.3 cm³/mol. The highest BCUT2D eigenvalue weighted by molar-refractivity contribution is 8.01. The van der Waals surface area contributed by atoms with Crippen molar-refractivity contribution in [2.45, 2.75) is 24.2 Å². The van der Waals surface area contributed by atoms with Gasteiger partial charge in [0.15, 0.2) is 4.34 Å². The summed E-state index contributed by atoms with van der Waals surface area (Å²) in [5.74, 6) is -0.178. The second kappa shape index (κ2) is 7.90. The number of benzene rings is 1. The smallest absolute Gasteiger partial charge is 0.253 e. The molecule has 22 heavy (non-hydrogen) atoms. The van der Waals surface area contributed by atoms with Gasteiger partial charge in [0.05, 0.1) is 17.0 Å². The van der Waals surface area contributed by atoms with Gasteiger partial charge in [0.1, 0.15) is 5.51 Å². The lowest BCUT2D eigenvalue weighted by atomic mass is 10.1. The van der Waals surface area contributed by atoms with Crippen molar-refractivity contribution in [1.82, 2.24) is 15.5 Å². The molecule has 0 unspecified atom stereocenters. The minimum absolute atomic E-state index is 0.0317. The Kier molecular flexibility index (Phi) is 5.91. The fraction of sp³-hybridized carbons (Fsp3) is 0.286. The number of nitrogens with one attached hydrogen (secondary N) is 2. The lowest BCUT2D eigenvalue weighted by Crippen LogP contribution is -2.31. The number of aromatic nitrogens is 2. The Labute approximate surface area is 136 Å². The molecule has 0 radical (unpaired) electrons. The summed E-state index contributed by atoms with van der Waals surface area (Å²) >= 11 is 2.69. The third-order valence-corrected chi connectivity index (χ3v) is 4.39. The molecule has 0 saturated heterocycles. The molecule has 0 aliphatic carbocycles. The Morgan fingerprint density at radius 1 is 1.32 bits per heavy atom. The molecule has 0 spiro atoms. The van der Waals surface area contributed by atoms with Crippen molar-refractivity contribution in [2.75, 3.05) is 11.1 Å². The van der Waals surface area contributed by atoms with E-state index >= 15 is 0 Å². The standard InChI is InChI=1S/C14H16N4O2S2/c1-9(2)16-13(20)10-5-3-4-6-11(10)17-12(19)7-21-14-18-15-8-22-14/h3-6,8-9H,7H2,1-2H3,(H,16,20)(H,17,19). The number of carbonyl (C=O) groups excluding carboxylic acids is 2. The minimum Gasteiger partial charge on any atom is -0.350 e. The molecule has 0 aliphatic heterocycles. The number of amides is 2. The van der Waals surface area contributed by atoms with Gasteiger partial charge in [-0.25, -0.2) is 0 Å². The van der Waals surface area contributed by atoms with Gasteiger partial charge >= 0.3 is 0 Å². The normalized spacial score (nSPS) is 10.5. The van der Waals surface area contributed by atoms with Crippen LogP contribution in [-0.4, -0.2) is 33.8 Å². The van der Waals surface area contributed by atoms with Crippen LogP contribution in [0.25, 0.3) is 0 Å². The summed E-state index contributed by atoms with van der Waals surface area (Å²) in [7, 11) is 0. The number of para-hydroxylation sites is 1. The molecule has 8 heteroatoms. The summed E-state index contributed by atoms with van der Waals surface area (Å²) in [6.07, 6.45) is 0. The van der Waals surface area contributed by atoms with Crippen LogP contribution in [0.15, 0.2) is 34.1 Å². The van der Waals surface area contributed by atoms with E-state index in [0.29, 0.717) is 11.3 Å². The van der Waals surface area contributed by atoms with Crippen LogP contribution in [0.1, 0.15) is 24.2 Å². The van der Waals surface area contributed by atoms with E-state index in [2.05, 4.69) is 20.8 Å². The first kappa shape index (κ1) is 16.4. The topological polar surface area (TPSA) is 84.0 Å². The maximum Gasteiger partial charge on any atom is 0.253 e. The first-order chi connectivity index (χ1) is 10.6. The van der Waals surface area contributed by atoms with Crippen LogP contribution in [0.5, 0.6) is 0 Å². The molecule has 2 N–H and O–H groups in total. The Morgan fingerprint density at radius 2 is 2.09 bits per heavy atom. The van der Waals surface area contributed by atoms with Gasteiger partial charge in [0.25, 0.3) is 5.91 Å². The van der Waals surface area contributed by atoms with Gasteiger partial charge < -0.3 is 10.6 Å². The second-order valence-corrected chi connectivity index (χ2v) is 6.77. The van der Waals surface area contributed by atoms with Gasteiger partial charge in [-0.2, -0.15) is 0 Å².